The Bertz CT molecular complexity index is 461. The Hall–Kier alpha value is -1.10. The van der Waals surface area contributed by atoms with Crippen LogP contribution in [-0.4, -0.2) is 36.0 Å². The minimum atomic E-state index is -0.369. The zero-order valence-electron chi connectivity index (χ0n) is 14.1. The van der Waals surface area contributed by atoms with Gasteiger partial charge in [-0.25, -0.2) is 0 Å². The molecule has 4 nitrogen and oxygen atoms in total. The smallest absolute Gasteiger partial charge is 0.239 e. The molecule has 1 amide bonds. The van der Waals surface area contributed by atoms with Crippen molar-refractivity contribution in [2.24, 2.45) is 11.7 Å². The molecule has 2 rings (SSSR count). The molecule has 0 radical (unpaired) electrons. The summed E-state index contributed by atoms with van der Waals surface area (Å²) in [7, 11) is 0. The maximum Gasteiger partial charge on any atom is 0.239 e. The van der Waals surface area contributed by atoms with Gasteiger partial charge in [-0.2, -0.15) is 0 Å². The lowest BCUT2D eigenvalue weighted by atomic mass is 9.97. The van der Waals surface area contributed by atoms with E-state index in [-0.39, 0.29) is 36.4 Å². The predicted molar refractivity (Wildman–Crippen MR) is 95.5 cm³/mol. The summed E-state index contributed by atoms with van der Waals surface area (Å²) in [5, 5.41) is 0. The first-order chi connectivity index (χ1) is 10.6. The molecule has 23 heavy (non-hydrogen) atoms. The minimum absolute atomic E-state index is 0. The zero-order chi connectivity index (χ0) is 15.9. The number of carbonyl (C=O) groups is 1. The Kier molecular flexibility index (Phi) is 8.59. The molecule has 0 aromatic heterocycles. The van der Waals surface area contributed by atoms with E-state index in [1.807, 2.05) is 30.0 Å². The lowest BCUT2D eigenvalue weighted by Gasteiger charge is -2.34. The van der Waals surface area contributed by atoms with Gasteiger partial charge in [-0.1, -0.05) is 50.6 Å². The van der Waals surface area contributed by atoms with E-state index < -0.39 is 0 Å². The van der Waals surface area contributed by atoms with Crippen LogP contribution < -0.4 is 5.73 Å². The van der Waals surface area contributed by atoms with E-state index in [1.165, 1.54) is 5.56 Å². The number of hydrogen-bond donors (Lipinski definition) is 1. The molecule has 130 valence electrons. The predicted octanol–water partition coefficient (Wildman–Crippen LogP) is 2.99. The minimum Gasteiger partial charge on any atom is -0.373 e. The first-order valence-electron chi connectivity index (χ1n) is 8.31. The number of piperidine rings is 1. The van der Waals surface area contributed by atoms with Crippen molar-refractivity contribution in [1.82, 2.24) is 4.90 Å². The molecule has 2 atom stereocenters. The summed E-state index contributed by atoms with van der Waals surface area (Å²) < 4.78 is 5.96. The third-order valence-corrected chi connectivity index (χ3v) is 4.62. The fourth-order valence-corrected chi connectivity index (χ4v) is 2.74. The molecule has 1 saturated heterocycles. The first-order valence-corrected chi connectivity index (χ1v) is 8.31. The lowest BCUT2D eigenvalue weighted by molar-refractivity contribution is -0.136. The van der Waals surface area contributed by atoms with E-state index in [0.29, 0.717) is 6.61 Å². The van der Waals surface area contributed by atoms with E-state index in [2.05, 4.69) is 19.1 Å². The number of carbonyl (C=O) groups excluding carboxylic acids is 1. The van der Waals surface area contributed by atoms with Crippen molar-refractivity contribution < 1.29 is 9.53 Å². The molecule has 1 aromatic rings. The molecule has 2 N–H and O–H groups in total. The highest BCUT2D eigenvalue weighted by Gasteiger charge is 2.28. The van der Waals surface area contributed by atoms with Gasteiger partial charge in [0.1, 0.15) is 0 Å². The Labute approximate surface area is 145 Å². The fourth-order valence-electron chi connectivity index (χ4n) is 2.74. The molecule has 1 heterocycles. The van der Waals surface area contributed by atoms with Crippen molar-refractivity contribution >= 4 is 18.3 Å². The topological polar surface area (TPSA) is 55.6 Å². The largest absolute Gasteiger partial charge is 0.373 e. The molecule has 2 unspecified atom stereocenters. The van der Waals surface area contributed by atoms with Gasteiger partial charge in [-0.05, 0) is 24.3 Å². The number of hydrogen-bond acceptors (Lipinski definition) is 3. The summed E-state index contributed by atoms with van der Waals surface area (Å²) in [5.74, 6) is 0.329. The number of rotatable bonds is 6. The third kappa shape index (κ3) is 5.79. The second-order valence-corrected chi connectivity index (χ2v) is 6.23. The van der Waals surface area contributed by atoms with Crippen LogP contribution in [0.5, 0.6) is 0 Å². The lowest BCUT2D eigenvalue weighted by Crippen LogP contribution is -2.50. The summed E-state index contributed by atoms with van der Waals surface area (Å²) in [6.45, 7) is 6.26. The number of nitrogens with two attached hydrogens (primary N) is 1. The highest BCUT2D eigenvalue weighted by atomic mass is 35.5. The summed E-state index contributed by atoms with van der Waals surface area (Å²) in [6, 6.07) is 9.83. The molecular formula is C18H29ClN2O2. The molecule has 5 heteroatoms. The number of halogens is 1. The van der Waals surface area contributed by atoms with Gasteiger partial charge in [0, 0.05) is 13.1 Å². The summed E-state index contributed by atoms with van der Waals surface area (Å²) in [4.78, 5) is 14.2. The highest BCUT2D eigenvalue weighted by molar-refractivity contribution is 5.85. The van der Waals surface area contributed by atoms with Crippen LogP contribution in [0.3, 0.4) is 0 Å². The van der Waals surface area contributed by atoms with Crippen LogP contribution in [0, 0.1) is 5.92 Å². The Morgan fingerprint density at radius 1 is 1.30 bits per heavy atom. The van der Waals surface area contributed by atoms with Gasteiger partial charge in [0.05, 0.1) is 18.8 Å². The molecule has 0 spiro atoms. The molecule has 0 aliphatic carbocycles. The summed E-state index contributed by atoms with van der Waals surface area (Å²) in [5.41, 5.74) is 7.24. The number of nitrogens with zero attached hydrogens (tertiary/aromatic N) is 1. The zero-order valence-corrected chi connectivity index (χ0v) is 14.9. The van der Waals surface area contributed by atoms with Gasteiger partial charge in [-0.3, -0.25) is 4.79 Å². The number of amides is 1. The molecule has 0 bridgehead atoms. The van der Waals surface area contributed by atoms with E-state index in [1.54, 1.807) is 0 Å². The third-order valence-electron chi connectivity index (χ3n) is 4.62. The Morgan fingerprint density at radius 2 is 1.91 bits per heavy atom. The highest BCUT2D eigenvalue weighted by Crippen LogP contribution is 2.18. The van der Waals surface area contributed by atoms with Crippen LogP contribution in [0.2, 0.25) is 0 Å². The van der Waals surface area contributed by atoms with Crippen LogP contribution in [0.25, 0.3) is 0 Å². The normalized spacial score (nSPS) is 18.1. The van der Waals surface area contributed by atoms with Crippen molar-refractivity contribution in [3.8, 4) is 0 Å². The Balaban J connectivity index is 0.00000264. The average Bonchev–Trinajstić information content (AvgIpc) is 2.59. The second-order valence-electron chi connectivity index (χ2n) is 6.23. The van der Waals surface area contributed by atoms with Crippen molar-refractivity contribution in [2.75, 3.05) is 13.1 Å². The SMILES string of the molecule is CCC(C)C(N)C(=O)N1CCC(OCc2ccccc2)CC1.Cl. The fraction of sp³-hybridized carbons (Fsp3) is 0.611. The van der Waals surface area contributed by atoms with Gasteiger partial charge >= 0.3 is 0 Å². The van der Waals surface area contributed by atoms with Crippen LogP contribution >= 0.6 is 12.4 Å². The van der Waals surface area contributed by atoms with Crippen molar-refractivity contribution in [1.29, 1.82) is 0 Å². The van der Waals surface area contributed by atoms with Crippen molar-refractivity contribution in [2.45, 2.75) is 51.9 Å². The van der Waals surface area contributed by atoms with Crippen LogP contribution in [-0.2, 0) is 16.1 Å². The van der Waals surface area contributed by atoms with Gasteiger partial charge in [-0.15, -0.1) is 12.4 Å². The van der Waals surface area contributed by atoms with Gasteiger partial charge in [0.25, 0.3) is 0 Å². The van der Waals surface area contributed by atoms with Crippen LogP contribution in [0.4, 0.5) is 0 Å². The van der Waals surface area contributed by atoms with Gasteiger partial charge < -0.3 is 15.4 Å². The quantitative estimate of drug-likeness (QED) is 0.866. The van der Waals surface area contributed by atoms with E-state index in [4.69, 9.17) is 10.5 Å². The standard InChI is InChI=1S/C18H28N2O2.ClH/c1-3-14(2)17(19)18(21)20-11-9-16(10-12-20)22-13-15-7-5-4-6-8-15;/h4-8,14,16-17H,3,9-13,19H2,1-2H3;1H. The molecule has 1 aliphatic rings. The summed E-state index contributed by atoms with van der Waals surface area (Å²) in [6.07, 6.45) is 2.96. The van der Waals surface area contributed by atoms with Crippen LogP contribution in [0.15, 0.2) is 30.3 Å². The van der Waals surface area contributed by atoms with Crippen molar-refractivity contribution in [3.63, 3.8) is 0 Å². The molecule has 1 aliphatic heterocycles. The van der Waals surface area contributed by atoms with Gasteiger partial charge in [0.15, 0.2) is 0 Å². The maximum absolute atomic E-state index is 12.3. The number of likely N-dealkylation sites (tertiary alicyclic amines) is 1. The molecule has 1 fully saturated rings. The molecule has 0 saturated carbocycles. The van der Waals surface area contributed by atoms with Crippen LogP contribution in [0.1, 0.15) is 38.7 Å². The Morgan fingerprint density at radius 3 is 2.48 bits per heavy atom. The first kappa shape index (κ1) is 19.9. The van der Waals surface area contributed by atoms with E-state index in [9.17, 15) is 4.79 Å². The van der Waals surface area contributed by atoms with Crippen molar-refractivity contribution in [3.05, 3.63) is 35.9 Å². The van der Waals surface area contributed by atoms with E-state index in [0.717, 1.165) is 32.4 Å². The summed E-state index contributed by atoms with van der Waals surface area (Å²) >= 11 is 0. The average molecular weight is 341 g/mol. The number of benzene rings is 1. The van der Waals surface area contributed by atoms with Gasteiger partial charge in [0.2, 0.25) is 5.91 Å². The maximum atomic E-state index is 12.3. The second kappa shape index (κ2) is 9.91. The number of ether oxygens (including phenoxy) is 1. The monoisotopic (exact) mass is 340 g/mol. The van der Waals surface area contributed by atoms with E-state index >= 15 is 0 Å². The molecular weight excluding hydrogens is 312 g/mol. The molecule has 1 aromatic carbocycles.